The Balaban J connectivity index is 1.82. The molecule has 1 amide bonds. The number of hydrogen-bond acceptors (Lipinski definition) is 2. The van der Waals surface area contributed by atoms with Crippen LogP contribution in [0.3, 0.4) is 0 Å². The van der Waals surface area contributed by atoms with Gasteiger partial charge >= 0.3 is 0 Å². The van der Waals surface area contributed by atoms with E-state index in [1.807, 2.05) is 0 Å². The summed E-state index contributed by atoms with van der Waals surface area (Å²) >= 11 is 6.12. The standard InChI is InChI=1S/C12H18ClN3O/c1-16-11(5-6-15-16)12(17)14-8-9-3-2-4-10(13)7-9/h5-6,9-10H,2-4,7-8H2,1H3,(H,14,17). The lowest BCUT2D eigenvalue weighted by Crippen LogP contribution is -2.33. The highest BCUT2D eigenvalue weighted by molar-refractivity contribution is 6.20. The molecule has 2 rings (SSSR count). The lowest BCUT2D eigenvalue weighted by molar-refractivity contribution is 0.0934. The van der Waals surface area contributed by atoms with Crippen molar-refractivity contribution in [3.05, 3.63) is 18.0 Å². The Hall–Kier alpha value is -1.03. The number of carbonyl (C=O) groups excluding carboxylic acids is 1. The second kappa shape index (κ2) is 5.54. The van der Waals surface area contributed by atoms with Gasteiger partial charge in [-0.05, 0) is 31.2 Å². The molecule has 1 aliphatic carbocycles. The molecule has 1 aliphatic rings. The average molecular weight is 256 g/mol. The van der Waals surface area contributed by atoms with E-state index in [1.165, 1.54) is 6.42 Å². The zero-order valence-corrected chi connectivity index (χ0v) is 10.8. The number of nitrogens with one attached hydrogen (secondary N) is 1. The first-order chi connectivity index (χ1) is 8.16. The average Bonchev–Trinajstić information content (AvgIpc) is 2.72. The maximum absolute atomic E-state index is 11.8. The van der Waals surface area contributed by atoms with E-state index >= 15 is 0 Å². The van der Waals surface area contributed by atoms with E-state index < -0.39 is 0 Å². The molecule has 2 unspecified atom stereocenters. The van der Waals surface area contributed by atoms with Gasteiger partial charge in [0.25, 0.3) is 5.91 Å². The maximum atomic E-state index is 11.8. The molecule has 0 saturated heterocycles. The van der Waals surface area contributed by atoms with Crippen molar-refractivity contribution in [2.24, 2.45) is 13.0 Å². The fraction of sp³-hybridized carbons (Fsp3) is 0.667. The van der Waals surface area contributed by atoms with Gasteiger partial charge in [0, 0.05) is 25.2 Å². The number of halogens is 1. The Kier molecular flexibility index (Phi) is 4.05. The molecule has 4 nitrogen and oxygen atoms in total. The quantitative estimate of drug-likeness (QED) is 0.840. The molecule has 2 atom stereocenters. The van der Waals surface area contributed by atoms with Gasteiger partial charge in [-0.15, -0.1) is 11.6 Å². The van der Waals surface area contributed by atoms with Crippen molar-refractivity contribution < 1.29 is 4.79 Å². The number of aryl methyl sites for hydroxylation is 1. The van der Waals surface area contributed by atoms with E-state index in [9.17, 15) is 4.79 Å². The first-order valence-corrected chi connectivity index (χ1v) is 6.50. The van der Waals surface area contributed by atoms with Crippen LogP contribution in [-0.2, 0) is 7.05 Å². The van der Waals surface area contributed by atoms with Crippen LogP contribution in [0.5, 0.6) is 0 Å². The van der Waals surface area contributed by atoms with Crippen LogP contribution in [0.2, 0.25) is 0 Å². The third-order valence-electron chi connectivity index (χ3n) is 3.32. The Morgan fingerprint density at radius 1 is 1.65 bits per heavy atom. The van der Waals surface area contributed by atoms with Crippen LogP contribution >= 0.6 is 11.6 Å². The zero-order chi connectivity index (χ0) is 12.3. The minimum atomic E-state index is -0.0540. The van der Waals surface area contributed by atoms with Gasteiger partial charge < -0.3 is 5.32 Å². The van der Waals surface area contributed by atoms with Gasteiger partial charge in [-0.2, -0.15) is 5.10 Å². The summed E-state index contributed by atoms with van der Waals surface area (Å²) in [5.74, 6) is 0.463. The number of nitrogens with zero attached hydrogens (tertiary/aromatic N) is 2. The summed E-state index contributed by atoms with van der Waals surface area (Å²) in [5.41, 5.74) is 0.600. The monoisotopic (exact) mass is 255 g/mol. The number of rotatable bonds is 3. The van der Waals surface area contributed by atoms with Gasteiger partial charge in [0.1, 0.15) is 5.69 Å². The maximum Gasteiger partial charge on any atom is 0.269 e. The van der Waals surface area contributed by atoms with E-state index in [0.717, 1.165) is 19.3 Å². The Labute approximate surface area is 106 Å². The molecule has 0 aliphatic heterocycles. The van der Waals surface area contributed by atoms with Crippen LogP contribution in [0.1, 0.15) is 36.2 Å². The molecule has 0 bridgehead atoms. The van der Waals surface area contributed by atoms with E-state index in [2.05, 4.69) is 10.4 Å². The van der Waals surface area contributed by atoms with Crippen LogP contribution < -0.4 is 5.32 Å². The number of aromatic nitrogens is 2. The highest BCUT2D eigenvalue weighted by Crippen LogP contribution is 2.27. The van der Waals surface area contributed by atoms with Gasteiger partial charge in [-0.1, -0.05) is 6.42 Å². The van der Waals surface area contributed by atoms with E-state index in [0.29, 0.717) is 18.2 Å². The van der Waals surface area contributed by atoms with E-state index in [4.69, 9.17) is 11.6 Å². The van der Waals surface area contributed by atoms with Crippen LogP contribution in [0.25, 0.3) is 0 Å². The summed E-state index contributed by atoms with van der Waals surface area (Å²) in [6, 6.07) is 1.72. The van der Waals surface area contributed by atoms with Crippen molar-refractivity contribution >= 4 is 17.5 Å². The molecule has 1 heterocycles. The molecule has 1 fully saturated rings. The molecule has 0 radical (unpaired) electrons. The van der Waals surface area contributed by atoms with E-state index in [-0.39, 0.29) is 11.3 Å². The molecule has 1 aromatic rings. The molecule has 5 heteroatoms. The van der Waals surface area contributed by atoms with Crippen LogP contribution in [0, 0.1) is 5.92 Å². The van der Waals surface area contributed by atoms with Crippen LogP contribution in [0.4, 0.5) is 0 Å². The van der Waals surface area contributed by atoms with Gasteiger partial charge in [-0.25, -0.2) is 0 Å². The third kappa shape index (κ3) is 3.22. The molecular weight excluding hydrogens is 238 g/mol. The van der Waals surface area contributed by atoms with Crippen molar-refractivity contribution in [2.75, 3.05) is 6.54 Å². The van der Waals surface area contributed by atoms with Gasteiger partial charge in [0.2, 0.25) is 0 Å². The molecule has 1 N–H and O–H groups in total. The number of carbonyl (C=O) groups is 1. The Morgan fingerprint density at radius 2 is 2.47 bits per heavy atom. The first-order valence-electron chi connectivity index (χ1n) is 6.07. The normalized spacial score (nSPS) is 24.6. The predicted molar refractivity (Wildman–Crippen MR) is 67.1 cm³/mol. The van der Waals surface area contributed by atoms with Crippen molar-refractivity contribution in [2.45, 2.75) is 31.1 Å². The highest BCUT2D eigenvalue weighted by Gasteiger charge is 2.21. The first kappa shape index (κ1) is 12.4. The minimum absolute atomic E-state index is 0.0540. The minimum Gasteiger partial charge on any atom is -0.350 e. The summed E-state index contributed by atoms with van der Waals surface area (Å²) in [7, 11) is 1.77. The number of alkyl halides is 1. The largest absolute Gasteiger partial charge is 0.350 e. The third-order valence-corrected chi connectivity index (χ3v) is 3.72. The van der Waals surface area contributed by atoms with Crippen LogP contribution in [0.15, 0.2) is 12.3 Å². The summed E-state index contributed by atoms with van der Waals surface area (Å²) < 4.78 is 1.58. The lowest BCUT2D eigenvalue weighted by atomic mass is 9.89. The predicted octanol–water partition coefficient (Wildman–Crippen LogP) is 1.95. The number of hydrogen-bond donors (Lipinski definition) is 1. The summed E-state index contributed by atoms with van der Waals surface area (Å²) in [4.78, 5) is 11.8. The Bertz CT molecular complexity index is 391. The van der Waals surface area contributed by atoms with Crippen molar-refractivity contribution in [1.29, 1.82) is 0 Å². The van der Waals surface area contributed by atoms with Gasteiger partial charge in [0.15, 0.2) is 0 Å². The smallest absolute Gasteiger partial charge is 0.269 e. The van der Waals surface area contributed by atoms with Crippen molar-refractivity contribution in [3.8, 4) is 0 Å². The topological polar surface area (TPSA) is 46.9 Å². The SMILES string of the molecule is Cn1nccc1C(=O)NCC1CCCC(Cl)C1. The van der Waals surface area contributed by atoms with Crippen molar-refractivity contribution in [1.82, 2.24) is 15.1 Å². The summed E-state index contributed by atoms with van der Waals surface area (Å²) in [6.45, 7) is 0.716. The molecular formula is C12H18ClN3O. The fourth-order valence-electron chi connectivity index (χ4n) is 2.34. The van der Waals surface area contributed by atoms with Gasteiger partial charge in [0.05, 0.1) is 0 Å². The molecule has 17 heavy (non-hydrogen) atoms. The summed E-state index contributed by atoms with van der Waals surface area (Å²) in [6.07, 6.45) is 6.07. The zero-order valence-electron chi connectivity index (χ0n) is 10.0. The lowest BCUT2D eigenvalue weighted by Gasteiger charge is -2.25. The molecule has 94 valence electrons. The second-order valence-electron chi connectivity index (χ2n) is 4.68. The molecule has 1 saturated carbocycles. The molecule has 1 aromatic heterocycles. The van der Waals surface area contributed by atoms with Crippen LogP contribution in [-0.4, -0.2) is 27.6 Å². The highest BCUT2D eigenvalue weighted by atomic mass is 35.5. The second-order valence-corrected chi connectivity index (χ2v) is 5.30. The van der Waals surface area contributed by atoms with Crippen molar-refractivity contribution in [3.63, 3.8) is 0 Å². The number of amides is 1. The molecule has 0 spiro atoms. The summed E-state index contributed by atoms with van der Waals surface area (Å²) in [5, 5.41) is 7.22. The fourth-order valence-corrected chi connectivity index (χ4v) is 2.74. The Morgan fingerprint density at radius 3 is 3.12 bits per heavy atom. The van der Waals surface area contributed by atoms with Gasteiger partial charge in [-0.3, -0.25) is 9.48 Å². The van der Waals surface area contributed by atoms with E-state index in [1.54, 1.807) is 24.0 Å². The molecule has 0 aromatic carbocycles.